The smallest absolute Gasteiger partial charge is 0.132 e. The van der Waals surface area contributed by atoms with Gasteiger partial charge in [-0.3, -0.25) is 0 Å². The average Bonchev–Trinajstić information content (AvgIpc) is 2.70. The van der Waals surface area contributed by atoms with Crippen LogP contribution in [0.3, 0.4) is 0 Å². The van der Waals surface area contributed by atoms with Crippen molar-refractivity contribution in [2.45, 2.75) is 25.8 Å². The lowest BCUT2D eigenvalue weighted by atomic mass is 10.0. The molecule has 0 amide bonds. The number of hydrogen-bond acceptors (Lipinski definition) is 3. The topological polar surface area (TPSA) is 42.1 Å². The van der Waals surface area contributed by atoms with Gasteiger partial charge in [0.1, 0.15) is 5.82 Å². The summed E-state index contributed by atoms with van der Waals surface area (Å²) in [6.45, 7) is 2.68. The van der Waals surface area contributed by atoms with Crippen LogP contribution in [0.1, 0.15) is 23.1 Å². The monoisotopic (exact) mass is 267 g/mol. The number of rotatable bonds is 3. The van der Waals surface area contributed by atoms with E-state index in [1.165, 1.54) is 23.1 Å². The zero-order valence-electron chi connectivity index (χ0n) is 11.8. The number of anilines is 1. The minimum absolute atomic E-state index is 0.670. The molecule has 3 nitrogen and oxygen atoms in total. The highest BCUT2D eigenvalue weighted by atomic mass is 15.2. The highest BCUT2D eigenvalue weighted by Gasteiger charge is 2.17. The summed E-state index contributed by atoms with van der Waals surface area (Å²) in [6, 6.07) is 12.9. The highest BCUT2D eigenvalue weighted by Crippen LogP contribution is 2.25. The molecule has 0 spiro atoms. The minimum Gasteiger partial charge on any atom is -0.352 e. The second-order valence-electron chi connectivity index (χ2n) is 5.32. The van der Waals surface area contributed by atoms with Crippen LogP contribution in [-0.2, 0) is 19.4 Å². The molecule has 2 heterocycles. The lowest BCUT2D eigenvalue weighted by molar-refractivity contribution is 0.747. The van der Waals surface area contributed by atoms with Gasteiger partial charge < -0.3 is 10.6 Å². The molecule has 1 aromatic heterocycles. The van der Waals surface area contributed by atoms with Gasteiger partial charge in [-0.2, -0.15) is 0 Å². The second kappa shape index (κ2) is 6.06. The Bertz CT molecular complexity index is 580. The fourth-order valence-corrected chi connectivity index (χ4v) is 2.95. The van der Waals surface area contributed by atoms with Crippen LogP contribution in [0, 0.1) is 0 Å². The van der Waals surface area contributed by atoms with Crippen LogP contribution in [0.2, 0.25) is 0 Å². The Balaban J connectivity index is 1.91. The fourth-order valence-electron chi connectivity index (χ4n) is 2.95. The predicted octanol–water partition coefficient (Wildman–Crippen LogP) is 2.54. The fraction of sp³-hybridized carbons (Fsp3) is 0.353. The predicted molar refractivity (Wildman–Crippen MR) is 82.8 cm³/mol. The maximum Gasteiger partial charge on any atom is 0.132 e. The van der Waals surface area contributed by atoms with E-state index in [0.717, 1.165) is 31.7 Å². The lowest BCUT2D eigenvalue weighted by Crippen LogP contribution is -2.25. The first-order valence-electron chi connectivity index (χ1n) is 7.34. The summed E-state index contributed by atoms with van der Waals surface area (Å²) in [5.41, 5.74) is 9.88. The lowest BCUT2D eigenvalue weighted by Gasteiger charge is -2.24. The van der Waals surface area contributed by atoms with E-state index in [1.807, 2.05) is 12.3 Å². The first-order chi connectivity index (χ1) is 9.88. The summed E-state index contributed by atoms with van der Waals surface area (Å²) in [7, 11) is 0. The van der Waals surface area contributed by atoms with Crippen LogP contribution >= 0.6 is 0 Å². The van der Waals surface area contributed by atoms with Crippen LogP contribution in [0.25, 0.3) is 0 Å². The quantitative estimate of drug-likeness (QED) is 0.929. The Morgan fingerprint density at radius 3 is 2.80 bits per heavy atom. The molecule has 2 N–H and O–H groups in total. The van der Waals surface area contributed by atoms with Gasteiger partial charge in [-0.05, 0) is 48.6 Å². The third-order valence-corrected chi connectivity index (χ3v) is 3.93. The number of aryl methyl sites for hydroxylation is 1. The van der Waals surface area contributed by atoms with Crippen molar-refractivity contribution in [3.05, 3.63) is 59.3 Å². The summed E-state index contributed by atoms with van der Waals surface area (Å²) in [6.07, 6.45) is 5.11. The Labute approximate surface area is 120 Å². The van der Waals surface area contributed by atoms with Crippen molar-refractivity contribution in [2.75, 3.05) is 18.0 Å². The van der Waals surface area contributed by atoms with Gasteiger partial charge in [0.05, 0.1) is 0 Å². The largest absolute Gasteiger partial charge is 0.352 e. The van der Waals surface area contributed by atoms with Gasteiger partial charge in [0.2, 0.25) is 0 Å². The molecule has 20 heavy (non-hydrogen) atoms. The SMILES string of the molecule is NCCc1cccnc1N1CCCc2ccccc2C1. The van der Waals surface area contributed by atoms with Gasteiger partial charge in [-0.1, -0.05) is 30.3 Å². The zero-order chi connectivity index (χ0) is 13.8. The van der Waals surface area contributed by atoms with Crippen LogP contribution in [0.5, 0.6) is 0 Å². The molecule has 3 rings (SSSR count). The first kappa shape index (κ1) is 13.1. The van der Waals surface area contributed by atoms with Gasteiger partial charge >= 0.3 is 0 Å². The number of aromatic nitrogens is 1. The van der Waals surface area contributed by atoms with Crippen molar-refractivity contribution in [2.24, 2.45) is 5.73 Å². The molecule has 0 bridgehead atoms. The van der Waals surface area contributed by atoms with Crippen molar-refractivity contribution in [3.8, 4) is 0 Å². The third kappa shape index (κ3) is 2.68. The van der Waals surface area contributed by atoms with E-state index in [4.69, 9.17) is 5.73 Å². The van der Waals surface area contributed by atoms with Crippen LogP contribution in [0.15, 0.2) is 42.6 Å². The van der Waals surface area contributed by atoms with Crippen molar-refractivity contribution >= 4 is 5.82 Å². The Morgan fingerprint density at radius 1 is 1.10 bits per heavy atom. The normalized spacial score (nSPS) is 14.8. The van der Waals surface area contributed by atoms with Gasteiger partial charge in [-0.25, -0.2) is 4.98 Å². The summed E-state index contributed by atoms with van der Waals surface area (Å²) >= 11 is 0. The molecule has 0 saturated heterocycles. The Morgan fingerprint density at radius 2 is 1.95 bits per heavy atom. The molecule has 104 valence electrons. The van der Waals surface area contributed by atoms with Gasteiger partial charge in [0.25, 0.3) is 0 Å². The summed E-state index contributed by atoms with van der Waals surface area (Å²) in [5, 5.41) is 0. The molecule has 0 aliphatic carbocycles. The third-order valence-electron chi connectivity index (χ3n) is 3.93. The zero-order valence-corrected chi connectivity index (χ0v) is 11.8. The maximum absolute atomic E-state index is 5.72. The molecule has 0 saturated carbocycles. The molecule has 0 unspecified atom stereocenters. The highest BCUT2D eigenvalue weighted by molar-refractivity contribution is 5.48. The molecular formula is C17H21N3. The minimum atomic E-state index is 0.670. The molecule has 1 aliphatic rings. The summed E-state index contributed by atoms with van der Waals surface area (Å²) in [5.74, 6) is 1.11. The van der Waals surface area contributed by atoms with E-state index in [2.05, 4.69) is 40.2 Å². The second-order valence-corrected chi connectivity index (χ2v) is 5.32. The Hall–Kier alpha value is -1.87. The van der Waals surface area contributed by atoms with Crippen molar-refractivity contribution in [1.82, 2.24) is 4.98 Å². The molecular weight excluding hydrogens is 246 g/mol. The summed E-state index contributed by atoms with van der Waals surface area (Å²) in [4.78, 5) is 7.01. The van der Waals surface area contributed by atoms with Crippen LogP contribution in [-0.4, -0.2) is 18.1 Å². The molecule has 3 heteroatoms. The van der Waals surface area contributed by atoms with E-state index in [9.17, 15) is 0 Å². The molecule has 1 aliphatic heterocycles. The van der Waals surface area contributed by atoms with Crippen LogP contribution < -0.4 is 10.6 Å². The van der Waals surface area contributed by atoms with E-state index < -0.39 is 0 Å². The number of benzene rings is 1. The average molecular weight is 267 g/mol. The molecule has 0 fully saturated rings. The number of fused-ring (bicyclic) bond motifs is 1. The first-order valence-corrected chi connectivity index (χ1v) is 7.34. The van der Waals surface area contributed by atoms with E-state index in [1.54, 1.807) is 0 Å². The Kier molecular flexibility index (Phi) is 3.97. The molecule has 0 radical (unpaired) electrons. The standard InChI is InChI=1S/C17H21N3/c18-10-9-15-7-3-11-19-17(15)20-12-4-8-14-5-1-2-6-16(14)13-20/h1-3,5-7,11H,4,8-10,12-13,18H2. The molecule has 2 aromatic rings. The van der Waals surface area contributed by atoms with Gasteiger partial charge in [0, 0.05) is 19.3 Å². The van der Waals surface area contributed by atoms with Crippen molar-refractivity contribution < 1.29 is 0 Å². The van der Waals surface area contributed by atoms with E-state index in [-0.39, 0.29) is 0 Å². The van der Waals surface area contributed by atoms with E-state index in [0.29, 0.717) is 6.54 Å². The number of nitrogens with two attached hydrogens (primary N) is 1. The molecule has 1 aromatic carbocycles. The van der Waals surface area contributed by atoms with Crippen LogP contribution in [0.4, 0.5) is 5.82 Å². The summed E-state index contributed by atoms with van der Waals surface area (Å²) < 4.78 is 0. The van der Waals surface area contributed by atoms with Gasteiger partial charge in [-0.15, -0.1) is 0 Å². The number of pyridine rings is 1. The maximum atomic E-state index is 5.72. The molecule has 0 atom stereocenters. The number of nitrogens with zero attached hydrogens (tertiary/aromatic N) is 2. The van der Waals surface area contributed by atoms with E-state index >= 15 is 0 Å². The van der Waals surface area contributed by atoms with Crippen molar-refractivity contribution in [1.29, 1.82) is 0 Å². The van der Waals surface area contributed by atoms with Gasteiger partial charge in [0.15, 0.2) is 0 Å². The number of hydrogen-bond donors (Lipinski definition) is 1. The van der Waals surface area contributed by atoms with Crippen molar-refractivity contribution in [3.63, 3.8) is 0 Å².